The molecule has 8 heteroatoms. The van der Waals surface area contributed by atoms with Crippen LogP contribution in [0.2, 0.25) is 0 Å². The Hall–Kier alpha value is -2.64. The Morgan fingerprint density at radius 3 is 2.63 bits per heavy atom. The van der Waals surface area contributed by atoms with E-state index in [1.807, 2.05) is 0 Å². The van der Waals surface area contributed by atoms with Crippen LogP contribution in [-0.2, 0) is 4.79 Å². The van der Waals surface area contributed by atoms with Crippen LogP contribution < -0.4 is 5.32 Å². The summed E-state index contributed by atoms with van der Waals surface area (Å²) in [5.74, 6) is -1.14. The van der Waals surface area contributed by atoms with Gasteiger partial charge in [-0.25, -0.2) is 4.79 Å². The third-order valence-corrected chi connectivity index (χ3v) is 2.46. The van der Waals surface area contributed by atoms with Crippen molar-refractivity contribution >= 4 is 23.4 Å². The molecular weight excluding hydrogens is 254 g/mol. The van der Waals surface area contributed by atoms with Gasteiger partial charge in [0.25, 0.3) is 5.69 Å². The minimum Gasteiger partial charge on any atom is -0.480 e. The maximum absolute atomic E-state index is 11.7. The first-order valence-electron chi connectivity index (χ1n) is 5.31. The Morgan fingerprint density at radius 1 is 1.47 bits per heavy atom. The number of aliphatic carboxylic acids is 1. The average Bonchev–Trinajstić information content (AvgIpc) is 2.30. The molecule has 0 saturated carbocycles. The van der Waals surface area contributed by atoms with Crippen molar-refractivity contribution in [3.63, 3.8) is 0 Å². The van der Waals surface area contributed by atoms with Crippen LogP contribution in [0.3, 0.4) is 0 Å². The molecule has 1 rings (SSSR count). The summed E-state index contributed by atoms with van der Waals surface area (Å²) in [5.41, 5.74) is 0.472. The standard InChI is InChI=1S/C11H13N3O5/c1-7-8(4-3-5-9(7)14(18)19)12-11(17)13(2)6-10(15)16/h3-5H,6H2,1-2H3,(H,12,17)(H,15,16). The van der Waals surface area contributed by atoms with Gasteiger partial charge in [0.15, 0.2) is 0 Å². The van der Waals surface area contributed by atoms with Gasteiger partial charge >= 0.3 is 12.0 Å². The van der Waals surface area contributed by atoms with Crippen LogP contribution in [0.5, 0.6) is 0 Å². The summed E-state index contributed by atoms with van der Waals surface area (Å²) >= 11 is 0. The molecule has 0 radical (unpaired) electrons. The van der Waals surface area contributed by atoms with Gasteiger partial charge in [-0.15, -0.1) is 0 Å². The van der Waals surface area contributed by atoms with Crippen LogP contribution in [0.4, 0.5) is 16.2 Å². The maximum atomic E-state index is 11.7. The Morgan fingerprint density at radius 2 is 2.11 bits per heavy atom. The first-order chi connectivity index (χ1) is 8.82. The van der Waals surface area contributed by atoms with E-state index >= 15 is 0 Å². The highest BCUT2D eigenvalue weighted by Crippen LogP contribution is 2.25. The van der Waals surface area contributed by atoms with Crippen LogP contribution >= 0.6 is 0 Å². The summed E-state index contributed by atoms with van der Waals surface area (Å²) in [4.78, 5) is 33.3. The number of urea groups is 1. The van der Waals surface area contributed by atoms with Crippen molar-refractivity contribution in [3.05, 3.63) is 33.9 Å². The minimum absolute atomic E-state index is 0.112. The lowest BCUT2D eigenvalue weighted by Crippen LogP contribution is -2.35. The van der Waals surface area contributed by atoms with Gasteiger partial charge in [-0.3, -0.25) is 14.9 Å². The molecule has 102 valence electrons. The number of nitrogens with zero attached hydrogens (tertiary/aromatic N) is 2. The molecule has 1 aromatic rings. The SMILES string of the molecule is Cc1c(NC(=O)N(C)CC(=O)O)cccc1[N+](=O)[O-]. The van der Waals surface area contributed by atoms with E-state index in [4.69, 9.17) is 5.11 Å². The van der Waals surface area contributed by atoms with Crippen LogP contribution in [0.25, 0.3) is 0 Å². The smallest absolute Gasteiger partial charge is 0.323 e. The molecule has 0 aromatic heterocycles. The average molecular weight is 267 g/mol. The summed E-state index contributed by atoms with van der Waals surface area (Å²) < 4.78 is 0. The number of nitrogens with one attached hydrogen (secondary N) is 1. The Bertz CT molecular complexity index is 529. The largest absolute Gasteiger partial charge is 0.480 e. The Kier molecular flexibility index (Phi) is 4.41. The van der Waals surface area contributed by atoms with Gasteiger partial charge in [-0.2, -0.15) is 0 Å². The van der Waals surface area contributed by atoms with E-state index in [2.05, 4.69) is 5.32 Å². The monoisotopic (exact) mass is 267 g/mol. The summed E-state index contributed by atoms with van der Waals surface area (Å²) in [6, 6.07) is 3.63. The number of anilines is 1. The molecule has 0 saturated heterocycles. The maximum Gasteiger partial charge on any atom is 0.323 e. The van der Waals surface area contributed by atoms with Gasteiger partial charge in [-0.1, -0.05) is 6.07 Å². The van der Waals surface area contributed by atoms with E-state index in [1.165, 1.54) is 32.2 Å². The van der Waals surface area contributed by atoms with Gasteiger partial charge in [-0.05, 0) is 13.0 Å². The fourth-order valence-electron chi connectivity index (χ4n) is 1.44. The molecular formula is C11H13N3O5. The normalized spacial score (nSPS) is 9.79. The lowest BCUT2D eigenvalue weighted by Gasteiger charge is -2.16. The highest BCUT2D eigenvalue weighted by Gasteiger charge is 2.17. The lowest BCUT2D eigenvalue weighted by molar-refractivity contribution is -0.385. The molecule has 0 bridgehead atoms. The zero-order valence-electron chi connectivity index (χ0n) is 10.4. The summed E-state index contributed by atoms with van der Waals surface area (Å²) in [6.07, 6.45) is 0. The quantitative estimate of drug-likeness (QED) is 0.633. The molecule has 0 aliphatic rings. The topological polar surface area (TPSA) is 113 Å². The predicted molar refractivity (Wildman–Crippen MR) is 67.1 cm³/mol. The number of carbonyl (C=O) groups is 2. The number of nitro groups is 1. The number of carboxylic acid groups (broad SMARTS) is 1. The van der Waals surface area contributed by atoms with Crippen LogP contribution in [0, 0.1) is 17.0 Å². The van der Waals surface area contributed by atoms with Crippen molar-refractivity contribution in [3.8, 4) is 0 Å². The van der Waals surface area contributed by atoms with E-state index in [1.54, 1.807) is 0 Å². The third kappa shape index (κ3) is 3.66. The number of hydrogen-bond acceptors (Lipinski definition) is 4. The molecule has 2 N–H and O–H groups in total. The minimum atomic E-state index is -1.14. The molecule has 0 spiro atoms. The van der Waals surface area contributed by atoms with Crippen molar-refractivity contribution < 1.29 is 19.6 Å². The second-order valence-electron chi connectivity index (χ2n) is 3.89. The summed E-state index contributed by atoms with van der Waals surface area (Å²) in [6.45, 7) is 1.05. The summed E-state index contributed by atoms with van der Waals surface area (Å²) in [7, 11) is 1.32. The van der Waals surface area contributed by atoms with Gasteiger partial charge < -0.3 is 15.3 Å². The fraction of sp³-hybridized carbons (Fsp3) is 0.273. The van der Waals surface area contributed by atoms with Gasteiger partial charge in [0.05, 0.1) is 16.2 Å². The lowest BCUT2D eigenvalue weighted by atomic mass is 10.1. The van der Waals surface area contributed by atoms with Crippen LogP contribution in [0.1, 0.15) is 5.56 Å². The number of likely N-dealkylation sites (N-methyl/N-ethyl adjacent to an activating group) is 1. The molecule has 8 nitrogen and oxygen atoms in total. The van der Waals surface area contributed by atoms with Crippen molar-refractivity contribution in [2.45, 2.75) is 6.92 Å². The van der Waals surface area contributed by atoms with E-state index in [0.717, 1.165) is 4.90 Å². The van der Waals surface area contributed by atoms with Gasteiger partial charge in [0.1, 0.15) is 6.54 Å². The predicted octanol–water partition coefficient (Wildman–Crippen LogP) is 1.45. The number of carbonyl (C=O) groups excluding carboxylic acids is 1. The number of carboxylic acids is 1. The molecule has 2 amide bonds. The second-order valence-corrected chi connectivity index (χ2v) is 3.89. The van der Waals surface area contributed by atoms with Gasteiger partial charge in [0, 0.05) is 13.1 Å². The van der Waals surface area contributed by atoms with Crippen molar-refractivity contribution in [2.24, 2.45) is 0 Å². The molecule has 19 heavy (non-hydrogen) atoms. The number of benzene rings is 1. The Labute approximate surface area is 108 Å². The first-order valence-corrected chi connectivity index (χ1v) is 5.31. The molecule has 0 aliphatic carbocycles. The number of amides is 2. The summed E-state index contributed by atoms with van der Waals surface area (Å²) in [5, 5.41) is 21.7. The second kappa shape index (κ2) is 5.80. The molecule has 0 aliphatic heterocycles. The van der Waals surface area contributed by atoms with Gasteiger partial charge in [0.2, 0.25) is 0 Å². The highest BCUT2D eigenvalue weighted by atomic mass is 16.6. The van der Waals surface area contributed by atoms with E-state index in [9.17, 15) is 19.7 Å². The molecule has 0 unspecified atom stereocenters. The fourth-order valence-corrected chi connectivity index (χ4v) is 1.44. The van der Waals surface area contributed by atoms with E-state index in [0.29, 0.717) is 5.56 Å². The van der Waals surface area contributed by atoms with Crippen molar-refractivity contribution in [2.75, 3.05) is 18.9 Å². The van der Waals surface area contributed by atoms with Crippen molar-refractivity contribution in [1.29, 1.82) is 0 Å². The third-order valence-electron chi connectivity index (χ3n) is 2.46. The number of nitro benzene ring substituents is 1. The van der Waals surface area contributed by atoms with Crippen molar-refractivity contribution in [1.82, 2.24) is 4.90 Å². The zero-order valence-corrected chi connectivity index (χ0v) is 10.4. The molecule has 0 fully saturated rings. The van der Waals surface area contributed by atoms with Crippen LogP contribution in [0.15, 0.2) is 18.2 Å². The molecule has 0 atom stereocenters. The number of rotatable bonds is 4. The van der Waals surface area contributed by atoms with E-state index < -0.39 is 23.5 Å². The number of hydrogen-bond donors (Lipinski definition) is 2. The zero-order chi connectivity index (χ0) is 14.6. The molecule has 1 aromatic carbocycles. The first kappa shape index (κ1) is 14.4. The van der Waals surface area contributed by atoms with E-state index in [-0.39, 0.29) is 11.4 Å². The Balaban J connectivity index is 2.88. The highest BCUT2D eigenvalue weighted by molar-refractivity contribution is 5.92. The van der Waals surface area contributed by atoms with Crippen LogP contribution in [-0.4, -0.2) is 40.5 Å². The molecule has 0 heterocycles.